The van der Waals surface area contributed by atoms with Crippen molar-refractivity contribution in [2.45, 2.75) is 38.6 Å². The zero-order valence-electron chi connectivity index (χ0n) is 19.1. The first-order valence-electron chi connectivity index (χ1n) is 11.3. The largest absolute Gasteiger partial charge is 0.480 e. The van der Waals surface area contributed by atoms with E-state index in [0.717, 1.165) is 29.9 Å². The average Bonchev–Trinajstić information content (AvgIpc) is 3.22. The maximum atomic E-state index is 12.1. The lowest BCUT2D eigenvalue weighted by molar-refractivity contribution is -0.147. The van der Waals surface area contributed by atoms with Crippen LogP contribution in [0.15, 0.2) is 34.5 Å². The molecule has 2 saturated heterocycles. The Morgan fingerprint density at radius 3 is 2.61 bits per heavy atom. The molecule has 1 aromatic carbocycles. The fourth-order valence-corrected chi connectivity index (χ4v) is 4.38. The fourth-order valence-electron chi connectivity index (χ4n) is 4.38. The highest BCUT2D eigenvalue weighted by Gasteiger charge is 2.30. The number of nitrogens with zero attached hydrogens (tertiary/aromatic N) is 5. The number of hydrogen-bond donors (Lipinski definition) is 1. The second-order valence-corrected chi connectivity index (χ2v) is 8.91. The number of carbonyl (C=O) groups excluding carboxylic acids is 1. The molecular weight excluding hydrogens is 426 g/mol. The summed E-state index contributed by atoms with van der Waals surface area (Å²) in [5, 5.41) is 19.8. The molecule has 10 heteroatoms. The lowest BCUT2D eigenvalue weighted by atomic mass is 10.0. The summed E-state index contributed by atoms with van der Waals surface area (Å²) in [6, 6.07) is 8.07. The van der Waals surface area contributed by atoms with Crippen molar-refractivity contribution >= 4 is 23.8 Å². The number of morpholine rings is 1. The smallest absolute Gasteiger partial charge is 0.323 e. The number of piperazine rings is 1. The van der Waals surface area contributed by atoms with Crippen LogP contribution in [0.2, 0.25) is 0 Å². The van der Waals surface area contributed by atoms with Gasteiger partial charge in [0, 0.05) is 26.1 Å². The minimum absolute atomic E-state index is 0.120. The van der Waals surface area contributed by atoms with Crippen molar-refractivity contribution in [2.24, 2.45) is 10.3 Å². The van der Waals surface area contributed by atoms with E-state index in [1.807, 2.05) is 40.4 Å². The number of carboxylic acids is 1. The highest BCUT2D eigenvalue weighted by molar-refractivity contribution is 6.01. The maximum Gasteiger partial charge on any atom is 0.323 e. The first kappa shape index (κ1) is 23.2. The highest BCUT2D eigenvalue weighted by atomic mass is 16.6. The van der Waals surface area contributed by atoms with Crippen molar-refractivity contribution in [1.29, 1.82) is 0 Å². The van der Waals surface area contributed by atoms with E-state index in [-0.39, 0.29) is 37.3 Å². The number of ether oxygens (including phenoxy) is 1. The van der Waals surface area contributed by atoms with Gasteiger partial charge in [0.2, 0.25) is 5.91 Å². The summed E-state index contributed by atoms with van der Waals surface area (Å²) in [6.45, 7) is 7.27. The predicted molar refractivity (Wildman–Crippen MR) is 122 cm³/mol. The number of carbonyl (C=O) groups is 2. The quantitative estimate of drug-likeness (QED) is 0.605. The van der Waals surface area contributed by atoms with Crippen LogP contribution in [-0.4, -0.2) is 108 Å². The van der Waals surface area contributed by atoms with E-state index >= 15 is 0 Å². The Bertz CT molecular complexity index is 908. The van der Waals surface area contributed by atoms with Gasteiger partial charge in [-0.3, -0.25) is 19.5 Å². The van der Waals surface area contributed by atoms with Gasteiger partial charge in [-0.2, -0.15) is 5.10 Å². The molecule has 1 amide bonds. The minimum Gasteiger partial charge on any atom is -0.480 e. The Morgan fingerprint density at radius 1 is 1.21 bits per heavy atom. The van der Waals surface area contributed by atoms with Gasteiger partial charge in [-0.1, -0.05) is 29.4 Å². The summed E-state index contributed by atoms with van der Waals surface area (Å²) in [6.07, 6.45) is 2.76. The van der Waals surface area contributed by atoms with E-state index in [0.29, 0.717) is 26.1 Å². The molecule has 3 unspecified atom stereocenters. The van der Waals surface area contributed by atoms with Gasteiger partial charge >= 0.3 is 5.97 Å². The Kier molecular flexibility index (Phi) is 7.24. The van der Waals surface area contributed by atoms with Gasteiger partial charge in [-0.15, -0.1) is 0 Å². The lowest BCUT2D eigenvalue weighted by Crippen LogP contribution is -2.53. The van der Waals surface area contributed by atoms with Crippen molar-refractivity contribution in [3.63, 3.8) is 0 Å². The number of hydrazone groups is 1. The molecule has 2 fully saturated rings. The van der Waals surface area contributed by atoms with E-state index in [4.69, 9.17) is 14.7 Å². The summed E-state index contributed by atoms with van der Waals surface area (Å²) in [5.41, 5.74) is 2.90. The number of oxime groups is 1. The van der Waals surface area contributed by atoms with Crippen molar-refractivity contribution in [1.82, 2.24) is 14.8 Å². The number of amides is 1. The molecule has 3 atom stereocenters. The number of rotatable bonds is 7. The Hall–Kier alpha value is -2.98. The van der Waals surface area contributed by atoms with Crippen molar-refractivity contribution in [3.8, 4) is 0 Å². The van der Waals surface area contributed by atoms with Crippen LogP contribution in [0.4, 0.5) is 0 Å². The van der Waals surface area contributed by atoms with Crippen LogP contribution in [0, 0.1) is 0 Å². The standard InChI is InChI=1S/C23H31N5O5/c1-16-11-28(12-17(2)32-16)24-10-18-3-5-19(6-4-18)21-9-20(33-25-21)13-26-7-8-27(15-23(30)31)22(29)14-26/h3-6,10,16-17,20H,7-9,11-15H2,1-2H3,(H,30,31)/b24-10+. The molecular formula is C23H31N5O5. The zero-order valence-corrected chi connectivity index (χ0v) is 19.1. The summed E-state index contributed by atoms with van der Waals surface area (Å²) in [4.78, 5) is 32.0. The summed E-state index contributed by atoms with van der Waals surface area (Å²) < 4.78 is 5.74. The fraction of sp³-hybridized carbons (Fsp3) is 0.565. The Labute approximate surface area is 193 Å². The molecule has 0 aromatic heterocycles. The zero-order chi connectivity index (χ0) is 23.4. The molecule has 0 bridgehead atoms. The van der Waals surface area contributed by atoms with Gasteiger partial charge in [-0.25, -0.2) is 0 Å². The molecule has 10 nitrogen and oxygen atoms in total. The third kappa shape index (κ3) is 6.29. The van der Waals surface area contributed by atoms with Crippen LogP contribution in [0.1, 0.15) is 31.4 Å². The normalized spacial score (nSPS) is 26.5. The monoisotopic (exact) mass is 457 g/mol. The molecule has 0 saturated carbocycles. The lowest BCUT2D eigenvalue weighted by Gasteiger charge is -2.34. The molecule has 3 aliphatic rings. The van der Waals surface area contributed by atoms with Crippen molar-refractivity contribution < 1.29 is 24.3 Å². The number of aliphatic carboxylic acids is 1. The van der Waals surface area contributed by atoms with Gasteiger partial charge in [0.25, 0.3) is 0 Å². The maximum absolute atomic E-state index is 12.1. The van der Waals surface area contributed by atoms with E-state index in [1.165, 1.54) is 4.90 Å². The number of carboxylic acid groups (broad SMARTS) is 1. The van der Waals surface area contributed by atoms with Crippen LogP contribution in [0.25, 0.3) is 0 Å². The van der Waals surface area contributed by atoms with Crippen LogP contribution in [0.3, 0.4) is 0 Å². The number of hydrogen-bond acceptors (Lipinski definition) is 8. The average molecular weight is 458 g/mol. The highest BCUT2D eigenvalue weighted by Crippen LogP contribution is 2.19. The van der Waals surface area contributed by atoms with Crippen LogP contribution in [-0.2, 0) is 19.2 Å². The molecule has 0 spiro atoms. The first-order chi connectivity index (χ1) is 15.9. The molecule has 3 aliphatic heterocycles. The minimum atomic E-state index is -0.989. The molecule has 4 rings (SSSR count). The molecule has 0 radical (unpaired) electrons. The summed E-state index contributed by atoms with van der Waals surface area (Å²) in [7, 11) is 0. The van der Waals surface area contributed by atoms with Crippen LogP contribution < -0.4 is 0 Å². The van der Waals surface area contributed by atoms with E-state index in [1.54, 1.807) is 0 Å². The second kappa shape index (κ2) is 10.3. The van der Waals surface area contributed by atoms with Crippen LogP contribution >= 0.6 is 0 Å². The van der Waals surface area contributed by atoms with Gasteiger partial charge in [0.15, 0.2) is 0 Å². The summed E-state index contributed by atoms with van der Waals surface area (Å²) in [5.74, 6) is -1.16. The predicted octanol–water partition coefficient (Wildman–Crippen LogP) is 0.852. The molecule has 1 aromatic rings. The van der Waals surface area contributed by atoms with Crippen molar-refractivity contribution in [3.05, 3.63) is 35.4 Å². The second-order valence-electron chi connectivity index (χ2n) is 8.91. The Balaban J connectivity index is 1.25. The summed E-state index contributed by atoms with van der Waals surface area (Å²) >= 11 is 0. The number of benzene rings is 1. The van der Waals surface area contributed by atoms with Gasteiger partial charge in [0.1, 0.15) is 12.6 Å². The topological polar surface area (TPSA) is 107 Å². The van der Waals surface area contributed by atoms with Gasteiger partial charge in [-0.05, 0) is 25.0 Å². The first-order valence-corrected chi connectivity index (χ1v) is 11.3. The third-order valence-electron chi connectivity index (χ3n) is 5.93. The molecule has 1 N–H and O–H groups in total. The molecule has 3 heterocycles. The molecule has 178 valence electrons. The van der Waals surface area contributed by atoms with E-state index in [9.17, 15) is 9.59 Å². The van der Waals surface area contributed by atoms with Gasteiger partial charge < -0.3 is 19.6 Å². The van der Waals surface area contributed by atoms with Crippen molar-refractivity contribution in [2.75, 3.05) is 45.8 Å². The van der Waals surface area contributed by atoms with E-state index < -0.39 is 5.97 Å². The molecule has 33 heavy (non-hydrogen) atoms. The van der Waals surface area contributed by atoms with Gasteiger partial charge in [0.05, 0.1) is 43.8 Å². The SMILES string of the molecule is CC1CN(/N=C/c2ccc(C3=NOC(CN4CCN(CC(=O)O)C(=O)C4)C3)cc2)CC(C)O1. The molecule has 0 aliphatic carbocycles. The van der Waals surface area contributed by atoms with Crippen LogP contribution in [0.5, 0.6) is 0 Å². The van der Waals surface area contributed by atoms with E-state index in [2.05, 4.69) is 24.1 Å². The Morgan fingerprint density at radius 2 is 1.94 bits per heavy atom. The third-order valence-corrected chi connectivity index (χ3v) is 5.93.